The fourth-order valence-corrected chi connectivity index (χ4v) is 3.06. The third-order valence-electron chi connectivity index (χ3n) is 4.34. The van der Waals surface area contributed by atoms with Crippen molar-refractivity contribution < 1.29 is 9.32 Å². The van der Waals surface area contributed by atoms with Crippen LogP contribution in [0.3, 0.4) is 0 Å². The average molecular weight is 279 g/mol. The third-order valence-corrected chi connectivity index (χ3v) is 4.34. The lowest BCUT2D eigenvalue weighted by Crippen LogP contribution is -2.44. The summed E-state index contributed by atoms with van der Waals surface area (Å²) in [6.07, 6.45) is 5.77. The molecule has 1 amide bonds. The average Bonchev–Trinajstić information content (AvgIpc) is 2.76. The lowest BCUT2D eigenvalue weighted by Gasteiger charge is -2.31. The minimum Gasteiger partial charge on any atom is -0.361 e. The van der Waals surface area contributed by atoms with E-state index in [1.54, 1.807) is 0 Å². The summed E-state index contributed by atoms with van der Waals surface area (Å²) in [4.78, 5) is 12.1. The zero-order valence-electron chi connectivity index (χ0n) is 12.4. The summed E-state index contributed by atoms with van der Waals surface area (Å²) in [5.41, 5.74) is 7.73. The van der Waals surface area contributed by atoms with Gasteiger partial charge in [0.25, 0.3) is 0 Å². The highest BCUT2D eigenvalue weighted by Gasteiger charge is 2.25. The van der Waals surface area contributed by atoms with Gasteiger partial charge in [-0.25, -0.2) is 0 Å². The molecule has 3 N–H and O–H groups in total. The first-order chi connectivity index (χ1) is 9.61. The monoisotopic (exact) mass is 279 g/mol. The number of carbonyl (C=O) groups is 1. The van der Waals surface area contributed by atoms with Crippen LogP contribution in [0, 0.1) is 19.8 Å². The van der Waals surface area contributed by atoms with E-state index >= 15 is 0 Å². The molecule has 112 valence electrons. The van der Waals surface area contributed by atoms with Crippen LogP contribution >= 0.6 is 0 Å². The van der Waals surface area contributed by atoms with Crippen LogP contribution in [-0.2, 0) is 11.2 Å². The topological polar surface area (TPSA) is 81.2 Å². The van der Waals surface area contributed by atoms with Crippen LogP contribution < -0.4 is 11.1 Å². The van der Waals surface area contributed by atoms with E-state index in [2.05, 4.69) is 10.5 Å². The Hall–Kier alpha value is -1.36. The molecule has 1 aliphatic carbocycles. The number of nitrogens with one attached hydrogen (secondary N) is 1. The van der Waals surface area contributed by atoms with Crippen LogP contribution in [0.2, 0.25) is 0 Å². The number of nitrogens with two attached hydrogens (primary N) is 1. The quantitative estimate of drug-likeness (QED) is 0.862. The second kappa shape index (κ2) is 6.88. The van der Waals surface area contributed by atoms with Crippen LogP contribution in [-0.4, -0.2) is 23.7 Å². The fourth-order valence-electron chi connectivity index (χ4n) is 3.06. The summed E-state index contributed by atoms with van der Waals surface area (Å²) in [5, 5.41) is 7.06. The number of aryl methyl sites for hydroxylation is 2. The van der Waals surface area contributed by atoms with Crippen LogP contribution in [0.15, 0.2) is 4.52 Å². The number of hydrogen-bond acceptors (Lipinski definition) is 4. The number of amides is 1. The van der Waals surface area contributed by atoms with Crippen molar-refractivity contribution >= 4 is 5.91 Å². The van der Waals surface area contributed by atoms with Gasteiger partial charge >= 0.3 is 0 Å². The maximum atomic E-state index is 12.1. The summed E-state index contributed by atoms with van der Waals surface area (Å²) in [6, 6.07) is 0.255. The molecule has 1 saturated carbocycles. The van der Waals surface area contributed by atoms with Crippen LogP contribution in [0.1, 0.15) is 49.1 Å². The Balaban J connectivity index is 1.83. The molecule has 0 radical (unpaired) electrons. The first-order valence-electron chi connectivity index (χ1n) is 7.53. The van der Waals surface area contributed by atoms with Gasteiger partial charge in [-0.1, -0.05) is 18.0 Å². The normalized spacial score (nSPS) is 22.8. The molecular weight excluding hydrogens is 254 g/mol. The molecule has 2 rings (SSSR count). The van der Waals surface area contributed by atoms with Gasteiger partial charge < -0.3 is 15.6 Å². The zero-order chi connectivity index (χ0) is 14.5. The highest BCUT2D eigenvalue weighted by molar-refractivity contribution is 5.76. The second-order valence-electron chi connectivity index (χ2n) is 5.76. The summed E-state index contributed by atoms with van der Waals surface area (Å²) >= 11 is 0. The molecule has 5 nitrogen and oxygen atoms in total. The maximum absolute atomic E-state index is 12.1. The van der Waals surface area contributed by atoms with Crippen molar-refractivity contribution in [1.29, 1.82) is 0 Å². The number of rotatable bonds is 5. The van der Waals surface area contributed by atoms with Crippen LogP contribution in [0.25, 0.3) is 0 Å². The van der Waals surface area contributed by atoms with Crippen molar-refractivity contribution in [3.05, 3.63) is 17.0 Å². The van der Waals surface area contributed by atoms with Gasteiger partial charge in [-0.15, -0.1) is 0 Å². The molecule has 2 unspecified atom stereocenters. The fraction of sp³-hybridized carbons (Fsp3) is 0.733. The summed E-state index contributed by atoms with van der Waals surface area (Å²) in [6.45, 7) is 4.46. The number of aromatic nitrogens is 1. The minimum atomic E-state index is 0.107. The van der Waals surface area contributed by atoms with Gasteiger partial charge in [0.1, 0.15) is 5.76 Å². The van der Waals surface area contributed by atoms with Crippen LogP contribution in [0.5, 0.6) is 0 Å². The SMILES string of the molecule is Cc1noc(C)c1CCC(=O)NC1CCCCC1CN. The van der Waals surface area contributed by atoms with E-state index in [0.29, 0.717) is 25.3 Å². The predicted molar refractivity (Wildman–Crippen MR) is 77.2 cm³/mol. The minimum absolute atomic E-state index is 0.107. The van der Waals surface area contributed by atoms with Crippen molar-refractivity contribution in [2.45, 2.75) is 58.4 Å². The summed E-state index contributed by atoms with van der Waals surface area (Å²) in [7, 11) is 0. The van der Waals surface area contributed by atoms with E-state index in [1.165, 1.54) is 12.8 Å². The van der Waals surface area contributed by atoms with Gasteiger partial charge in [0, 0.05) is 18.0 Å². The highest BCUT2D eigenvalue weighted by atomic mass is 16.5. The van der Waals surface area contributed by atoms with E-state index < -0.39 is 0 Å². The molecule has 1 aromatic rings. The first-order valence-corrected chi connectivity index (χ1v) is 7.53. The summed E-state index contributed by atoms with van der Waals surface area (Å²) in [5.74, 6) is 1.36. The maximum Gasteiger partial charge on any atom is 0.220 e. The Bertz CT molecular complexity index is 436. The molecule has 1 heterocycles. The molecule has 5 heteroatoms. The molecule has 0 spiro atoms. The van der Waals surface area contributed by atoms with Gasteiger partial charge in [-0.3, -0.25) is 4.79 Å². The third kappa shape index (κ3) is 3.60. The van der Waals surface area contributed by atoms with Gasteiger partial charge in [0.15, 0.2) is 0 Å². The molecule has 1 fully saturated rings. The Kier molecular flexibility index (Phi) is 5.17. The van der Waals surface area contributed by atoms with E-state index in [4.69, 9.17) is 10.3 Å². The van der Waals surface area contributed by atoms with E-state index in [0.717, 1.165) is 29.9 Å². The van der Waals surface area contributed by atoms with E-state index in [9.17, 15) is 4.79 Å². The lowest BCUT2D eigenvalue weighted by atomic mass is 9.84. The van der Waals surface area contributed by atoms with E-state index in [1.807, 2.05) is 13.8 Å². The molecule has 0 saturated heterocycles. The second-order valence-corrected chi connectivity index (χ2v) is 5.76. The van der Waals surface area contributed by atoms with Crippen molar-refractivity contribution in [2.75, 3.05) is 6.54 Å². The van der Waals surface area contributed by atoms with E-state index in [-0.39, 0.29) is 11.9 Å². The number of hydrogen-bond donors (Lipinski definition) is 2. The molecule has 0 bridgehead atoms. The Morgan fingerprint density at radius 1 is 1.40 bits per heavy atom. The van der Waals surface area contributed by atoms with Crippen molar-refractivity contribution in [1.82, 2.24) is 10.5 Å². The zero-order valence-corrected chi connectivity index (χ0v) is 12.4. The molecule has 2 atom stereocenters. The summed E-state index contributed by atoms with van der Waals surface area (Å²) < 4.78 is 5.11. The van der Waals surface area contributed by atoms with Crippen molar-refractivity contribution in [2.24, 2.45) is 11.7 Å². The van der Waals surface area contributed by atoms with Gasteiger partial charge in [0.05, 0.1) is 5.69 Å². The Labute approximate surface area is 120 Å². The predicted octanol–water partition coefficient (Wildman–Crippen LogP) is 1.86. The number of nitrogens with zero attached hydrogens (tertiary/aromatic N) is 1. The first kappa shape index (κ1) is 15.0. The standard InChI is InChI=1S/C15H25N3O2/c1-10-13(11(2)20-18-10)7-8-15(19)17-14-6-4-3-5-12(14)9-16/h12,14H,3-9,16H2,1-2H3,(H,17,19). The van der Waals surface area contributed by atoms with Crippen LogP contribution in [0.4, 0.5) is 0 Å². The molecule has 0 aromatic carbocycles. The van der Waals surface area contributed by atoms with Gasteiger partial charge in [-0.2, -0.15) is 0 Å². The van der Waals surface area contributed by atoms with Gasteiger partial charge in [-0.05, 0) is 45.6 Å². The Morgan fingerprint density at radius 3 is 2.80 bits per heavy atom. The Morgan fingerprint density at radius 2 is 2.15 bits per heavy atom. The largest absolute Gasteiger partial charge is 0.361 e. The van der Waals surface area contributed by atoms with Crippen molar-refractivity contribution in [3.63, 3.8) is 0 Å². The molecule has 1 aliphatic rings. The lowest BCUT2D eigenvalue weighted by molar-refractivity contribution is -0.122. The molecule has 20 heavy (non-hydrogen) atoms. The smallest absolute Gasteiger partial charge is 0.220 e. The number of carbonyl (C=O) groups excluding carboxylic acids is 1. The molecular formula is C15H25N3O2. The van der Waals surface area contributed by atoms with Crippen molar-refractivity contribution in [3.8, 4) is 0 Å². The molecule has 0 aliphatic heterocycles. The van der Waals surface area contributed by atoms with Gasteiger partial charge in [0.2, 0.25) is 5.91 Å². The highest BCUT2D eigenvalue weighted by Crippen LogP contribution is 2.23. The molecule has 1 aromatic heterocycles.